The zero-order valence-electron chi connectivity index (χ0n) is 21.1. The van der Waals surface area contributed by atoms with E-state index in [0.29, 0.717) is 25.6 Å². The number of allylic oxidation sites excluding steroid dienone is 6. The van der Waals surface area contributed by atoms with E-state index in [0.717, 1.165) is 36.2 Å². The molecule has 0 aliphatic rings. The lowest BCUT2D eigenvalue weighted by molar-refractivity contribution is 0.121. The SMILES string of the molecule is C=C(C)OCCOC(/C(C)=C\C)=C(C)/C=C/Cc1cc(C)c(CCCOC(C)=N)c(C)c1. The third-order valence-electron chi connectivity index (χ3n) is 5.19. The molecule has 0 saturated heterocycles. The van der Waals surface area contributed by atoms with Crippen LogP contribution in [-0.4, -0.2) is 25.7 Å². The molecule has 176 valence electrons. The third kappa shape index (κ3) is 10.0. The van der Waals surface area contributed by atoms with Gasteiger partial charge in [0, 0.05) is 6.92 Å². The van der Waals surface area contributed by atoms with E-state index in [2.05, 4.69) is 64.6 Å². The highest BCUT2D eigenvalue weighted by molar-refractivity contribution is 5.69. The third-order valence-corrected chi connectivity index (χ3v) is 5.19. The molecule has 0 amide bonds. The molecule has 0 fully saturated rings. The van der Waals surface area contributed by atoms with Crippen molar-refractivity contribution in [2.24, 2.45) is 0 Å². The molecule has 0 bridgehead atoms. The van der Waals surface area contributed by atoms with Crippen molar-refractivity contribution in [2.45, 2.75) is 67.7 Å². The Labute approximate surface area is 195 Å². The van der Waals surface area contributed by atoms with Gasteiger partial charge in [-0.05, 0) is 94.2 Å². The molecule has 0 unspecified atom stereocenters. The van der Waals surface area contributed by atoms with Crippen LogP contribution in [-0.2, 0) is 27.1 Å². The summed E-state index contributed by atoms with van der Waals surface area (Å²) in [5.41, 5.74) is 7.54. The molecule has 1 N–H and O–H groups in total. The van der Waals surface area contributed by atoms with Gasteiger partial charge < -0.3 is 14.2 Å². The molecular weight excluding hydrogens is 398 g/mol. The van der Waals surface area contributed by atoms with Crippen LogP contribution in [0.3, 0.4) is 0 Å². The molecule has 0 aromatic heterocycles. The fraction of sp³-hybridized carbons (Fsp3) is 0.464. The van der Waals surface area contributed by atoms with Crippen LogP contribution in [0, 0.1) is 19.3 Å². The molecule has 0 atom stereocenters. The normalized spacial score (nSPS) is 12.5. The highest BCUT2D eigenvalue weighted by Gasteiger charge is 2.07. The Bertz CT molecular complexity index is 852. The van der Waals surface area contributed by atoms with Gasteiger partial charge in [-0.3, -0.25) is 5.41 Å². The van der Waals surface area contributed by atoms with Crippen LogP contribution in [0.1, 0.15) is 63.3 Å². The predicted octanol–water partition coefficient (Wildman–Crippen LogP) is 7.16. The maximum Gasteiger partial charge on any atom is 0.177 e. The summed E-state index contributed by atoms with van der Waals surface area (Å²) in [6.07, 6.45) is 9.16. The second-order valence-corrected chi connectivity index (χ2v) is 8.21. The number of benzene rings is 1. The standard InChI is InChI=1S/C28H41NO3/c1-9-21(4)28(32-17-16-30-20(2)3)22(5)12-10-13-26-18-23(6)27(24(7)19-26)14-11-15-31-25(8)29/h9-10,12,18-19,29H,2,11,13-17H2,1,3-8H3/b12-10+,21-9-,28-22+,29-25?. The first-order valence-corrected chi connectivity index (χ1v) is 11.3. The molecular formula is C28H41NO3. The molecule has 0 saturated carbocycles. The lowest BCUT2D eigenvalue weighted by atomic mass is 9.94. The van der Waals surface area contributed by atoms with Gasteiger partial charge in [-0.25, -0.2) is 0 Å². The quantitative estimate of drug-likeness (QED) is 0.117. The van der Waals surface area contributed by atoms with Crippen LogP contribution in [0.4, 0.5) is 0 Å². The van der Waals surface area contributed by atoms with Gasteiger partial charge in [0.1, 0.15) is 19.0 Å². The van der Waals surface area contributed by atoms with Crippen molar-refractivity contribution in [3.05, 3.63) is 81.9 Å². The van der Waals surface area contributed by atoms with E-state index in [1.165, 1.54) is 22.3 Å². The van der Waals surface area contributed by atoms with Crippen molar-refractivity contribution >= 4 is 5.90 Å². The topological polar surface area (TPSA) is 51.5 Å². The lowest BCUT2D eigenvalue weighted by Gasteiger charge is -2.14. The lowest BCUT2D eigenvalue weighted by Crippen LogP contribution is -2.05. The number of hydrogen-bond donors (Lipinski definition) is 1. The zero-order valence-corrected chi connectivity index (χ0v) is 21.1. The van der Waals surface area contributed by atoms with Crippen molar-refractivity contribution in [1.29, 1.82) is 5.41 Å². The molecule has 0 heterocycles. The van der Waals surface area contributed by atoms with Gasteiger partial charge >= 0.3 is 0 Å². The Morgan fingerprint density at radius 1 is 0.969 bits per heavy atom. The van der Waals surface area contributed by atoms with Crippen molar-refractivity contribution in [3.8, 4) is 0 Å². The maximum atomic E-state index is 7.35. The van der Waals surface area contributed by atoms with Crippen LogP contribution in [0.5, 0.6) is 0 Å². The number of aryl methyl sites for hydroxylation is 2. The summed E-state index contributed by atoms with van der Waals surface area (Å²) in [5, 5.41) is 7.35. The first-order chi connectivity index (χ1) is 15.1. The van der Waals surface area contributed by atoms with Gasteiger partial charge in [0.25, 0.3) is 0 Å². The van der Waals surface area contributed by atoms with E-state index in [1.807, 2.05) is 13.8 Å². The van der Waals surface area contributed by atoms with E-state index in [4.69, 9.17) is 19.6 Å². The van der Waals surface area contributed by atoms with E-state index >= 15 is 0 Å². The largest absolute Gasteiger partial charge is 0.495 e. The fourth-order valence-electron chi connectivity index (χ4n) is 3.55. The van der Waals surface area contributed by atoms with Gasteiger partial charge in [0.05, 0.1) is 12.4 Å². The molecule has 1 rings (SSSR count). The smallest absolute Gasteiger partial charge is 0.177 e. The van der Waals surface area contributed by atoms with Crippen molar-refractivity contribution in [3.63, 3.8) is 0 Å². The maximum absolute atomic E-state index is 7.35. The molecule has 4 heteroatoms. The predicted molar refractivity (Wildman–Crippen MR) is 135 cm³/mol. The highest BCUT2D eigenvalue weighted by Crippen LogP contribution is 2.21. The Balaban J connectivity index is 2.80. The molecule has 4 nitrogen and oxygen atoms in total. The second-order valence-electron chi connectivity index (χ2n) is 8.21. The molecule has 1 aromatic carbocycles. The van der Waals surface area contributed by atoms with Gasteiger partial charge in [0.2, 0.25) is 0 Å². The molecule has 1 aromatic rings. The number of rotatable bonds is 13. The van der Waals surface area contributed by atoms with Crippen LogP contribution in [0.25, 0.3) is 0 Å². The highest BCUT2D eigenvalue weighted by atomic mass is 16.5. The minimum Gasteiger partial charge on any atom is -0.495 e. The van der Waals surface area contributed by atoms with E-state index in [1.54, 1.807) is 6.92 Å². The Morgan fingerprint density at radius 3 is 2.16 bits per heavy atom. The Kier molecular flexibility index (Phi) is 12.2. The van der Waals surface area contributed by atoms with Crippen LogP contribution in [0.15, 0.2) is 59.6 Å². The monoisotopic (exact) mass is 439 g/mol. The zero-order chi connectivity index (χ0) is 24.1. The van der Waals surface area contributed by atoms with Crippen LogP contribution in [0.2, 0.25) is 0 Å². The number of nitrogens with one attached hydrogen (secondary N) is 1. The van der Waals surface area contributed by atoms with Crippen LogP contribution >= 0.6 is 0 Å². The van der Waals surface area contributed by atoms with Gasteiger partial charge in [0.15, 0.2) is 5.90 Å². The van der Waals surface area contributed by atoms with E-state index < -0.39 is 0 Å². The summed E-state index contributed by atoms with van der Waals surface area (Å²) >= 11 is 0. The van der Waals surface area contributed by atoms with E-state index in [9.17, 15) is 0 Å². The van der Waals surface area contributed by atoms with Gasteiger partial charge in [-0.2, -0.15) is 0 Å². The van der Waals surface area contributed by atoms with Gasteiger partial charge in [-0.15, -0.1) is 0 Å². The average Bonchev–Trinajstić information content (AvgIpc) is 2.71. The summed E-state index contributed by atoms with van der Waals surface area (Å²) in [6, 6.07) is 4.55. The minimum atomic E-state index is 0.281. The molecule has 32 heavy (non-hydrogen) atoms. The average molecular weight is 440 g/mol. The molecule has 0 spiro atoms. The van der Waals surface area contributed by atoms with Crippen molar-refractivity contribution < 1.29 is 14.2 Å². The number of hydrogen-bond acceptors (Lipinski definition) is 4. The molecule has 0 radical (unpaired) electrons. The second kappa shape index (κ2) is 14.3. The first kappa shape index (κ1) is 27.3. The summed E-state index contributed by atoms with van der Waals surface area (Å²) in [4.78, 5) is 0. The van der Waals surface area contributed by atoms with E-state index in [-0.39, 0.29) is 5.90 Å². The molecule has 0 aliphatic heterocycles. The van der Waals surface area contributed by atoms with Crippen molar-refractivity contribution in [1.82, 2.24) is 0 Å². The number of ether oxygens (including phenoxy) is 3. The Hall–Kier alpha value is -2.75. The summed E-state index contributed by atoms with van der Waals surface area (Å²) in [5.74, 6) is 1.88. The molecule has 0 aliphatic carbocycles. The summed E-state index contributed by atoms with van der Waals surface area (Å²) < 4.78 is 16.7. The van der Waals surface area contributed by atoms with Gasteiger partial charge in [-0.1, -0.05) is 36.9 Å². The van der Waals surface area contributed by atoms with Crippen LogP contribution < -0.4 is 0 Å². The summed E-state index contributed by atoms with van der Waals surface area (Å²) in [6.45, 7) is 19.3. The first-order valence-electron chi connectivity index (χ1n) is 11.3. The summed E-state index contributed by atoms with van der Waals surface area (Å²) in [7, 11) is 0. The van der Waals surface area contributed by atoms with Crippen molar-refractivity contribution in [2.75, 3.05) is 19.8 Å². The minimum absolute atomic E-state index is 0.281. The Morgan fingerprint density at radius 2 is 1.59 bits per heavy atom. The fourth-order valence-corrected chi connectivity index (χ4v) is 3.55.